The Kier molecular flexibility index (Phi) is 3.52. The molecule has 1 unspecified atom stereocenters. The molecule has 0 aromatic rings. The van der Waals surface area contributed by atoms with Gasteiger partial charge in [0.25, 0.3) is 0 Å². The largest absolute Gasteiger partial charge is 0.393 e. The molecule has 3 N–H and O–H groups in total. The minimum absolute atomic E-state index is 0.307. The van der Waals surface area contributed by atoms with Gasteiger partial charge in [0.15, 0.2) is 0 Å². The molecule has 1 amide bonds. The lowest BCUT2D eigenvalue weighted by atomic mass is 9.86. The average molecular weight is 159 g/mol. The van der Waals surface area contributed by atoms with E-state index >= 15 is 0 Å². The van der Waals surface area contributed by atoms with E-state index in [9.17, 15) is 4.79 Å². The molecule has 0 radical (unpaired) electrons. The number of nitrogens with two attached hydrogens (primary N) is 1. The van der Waals surface area contributed by atoms with Crippen molar-refractivity contribution in [3.05, 3.63) is 0 Å². The van der Waals surface area contributed by atoms with Crippen molar-refractivity contribution >= 4 is 5.91 Å². The molecule has 66 valence electrons. The number of amides is 1. The number of hydrogen-bond donors (Lipinski definition) is 2. The quantitative estimate of drug-likeness (QED) is 0.633. The van der Waals surface area contributed by atoms with Gasteiger partial charge in [-0.2, -0.15) is 0 Å². The summed E-state index contributed by atoms with van der Waals surface area (Å²) in [6.07, 6.45) is 0.907. The van der Waals surface area contributed by atoms with Crippen LogP contribution in [-0.4, -0.2) is 17.1 Å². The molecule has 3 nitrogen and oxygen atoms in total. The smallest absolute Gasteiger partial charge is 0.223 e. The summed E-state index contributed by atoms with van der Waals surface area (Å²) < 4.78 is 0. The maximum absolute atomic E-state index is 10.8. The lowest BCUT2D eigenvalue weighted by molar-refractivity contribution is -0.126. The van der Waals surface area contributed by atoms with Crippen molar-refractivity contribution in [3.8, 4) is 0 Å². The van der Waals surface area contributed by atoms with Gasteiger partial charge in [-0.05, 0) is 19.8 Å². The third-order valence-electron chi connectivity index (χ3n) is 1.85. The summed E-state index contributed by atoms with van der Waals surface area (Å²) in [5.74, 6) is -0.307. The number of rotatable bonds is 4. The fourth-order valence-corrected chi connectivity index (χ4v) is 0.693. The van der Waals surface area contributed by atoms with E-state index in [1.54, 1.807) is 20.8 Å². The molecule has 0 spiro atoms. The van der Waals surface area contributed by atoms with Crippen molar-refractivity contribution < 1.29 is 9.90 Å². The molecule has 0 saturated heterocycles. The first-order valence-electron chi connectivity index (χ1n) is 3.84. The van der Waals surface area contributed by atoms with Gasteiger partial charge >= 0.3 is 0 Å². The van der Waals surface area contributed by atoms with Crippen LogP contribution >= 0.6 is 0 Å². The summed E-state index contributed by atoms with van der Waals surface area (Å²) in [5.41, 5.74) is 4.65. The Labute approximate surface area is 67.6 Å². The van der Waals surface area contributed by atoms with E-state index in [4.69, 9.17) is 10.8 Å². The highest BCUT2D eigenvalue weighted by molar-refractivity contribution is 5.79. The highest BCUT2D eigenvalue weighted by Crippen LogP contribution is 2.22. The van der Waals surface area contributed by atoms with Crippen molar-refractivity contribution in [2.75, 3.05) is 0 Å². The normalized spacial score (nSPS) is 14.5. The van der Waals surface area contributed by atoms with E-state index in [1.807, 2.05) is 0 Å². The third-order valence-corrected chi connectivity index (χ3v) is 1.85. The van der Waals surface area contributed by atoms with Crippen molar-refractivity contribution in [3.63, 3.8) is 0 Å². The predicted octanol–water partition coefficient (Wildman–Crippen LogP) is 0.659. The number of carbonyl (C=O) groups is 1. The molecular formula is C8H17NO2. The summed E-state index contributed by atoms with van der Waals surface area (Å²) in [5, 5.41) is 8.95. The first-order chi connectivity index (χ1) is 4.86. The van der Waals surface area contributed by atoms with Crippen LogP contribution in [-0.2, 0) is 4.79 Å². The van der Waals surface area contributed by atoms with Gasteiger partial charge in [0.2, 0.25) is 5.91 Å². The van der Waals surface area contributed by atoms with Gasteiger partial charge in [-0.1, -0.05) is 13.8 Å². The fourth-order valence-electron chi connectivity index (χ4n) is 0.693. The maximum atomic E-state index is 10.8. The van der Waals surface area contributed by atoms with Crippen molar-refractivity contribution in [1.29, 1.82) is 0 Å². The highest BCUT2D eigenvalue weighted by atomic mass is 16.3. The Morgan fingerprint density at radius 1 is 1.64 bits per heavy atom. The SMILES string of the molecule is CC(O)CCC(C)(C)C(N)=O. The molecule has 0 fully saturated rings. The fraction of sp³-hybridized carbons (Fsp3) is 0.875. The van der Waals surface area contributed by atoms with Crippen LogP contribution in [0.1, 0.15) is 33.6 Å². The van der Waals surface area contributed by atoms with Gasteiger partial charge in [0.1, 0.15) is 0 Å². The molecule has 0 rings (SSSR count). The number of hydrogen-bond acceptors (Lipinski definition) is 2. The van der Waals surface area contributed by atoms with E-state index in [1.165, 1.54) is 0 Å². The van der Waals surface area contributed by atoms with Crippen LogP contribution < -0.4 is 5.73 Å². The molecule has 11 heavy (non-hydrogen) atoms. The van der Waals surface area contributed by atoms with E-state index in [0.717, 1.165) is 0 Å². The molecule has 0 heterocycles. The van der Waals surface area contributed by atoms with E-state index in [-0.39, 0.29) is 12.0 Å². The van der Waals surface area contributed by atoms with Crippen LogP contribution in [0.2, 0.25) is 0 Å². The van der Waals surface area contributed by atoms with Gasteiger partial charge < -0.3 is 10.8 Å². The monoisotopic (exact) mass is 159 g/mol. The minimum Gasteiger partial charge on any atom is -0.393 e. The zero-order valence-corrected chi connectivity index (χ0v) is 7.42. The lowest BCUT2D eigenvalue weighted by Gasteiger charge is -2.20. The van der Waals surface area contributed by atoms with Crippen LogP contribution in [0.5, 0.6) is 0 Å². The summed E-state index contributed by atoms with van der Waals surface area (Å²) >= 11 is 0. The Hall–Kier alpha value is -0.570. The Balaban J connectivity index is 3.83. The molecule has 0 aromatic carbocycles. The van der Waals surface area contributed by atoms with Crippen molar-refractivity contribution in [2.45, 2.75) is 39.7 Å². The molecule has 0 aliphatic heterocycles. The number of primary amides is 1. The van der Waals surface area contributed by atoms with Gasteiger partial charge in [0, 0.05) is 5.41 Å². The number of aliphatic hydroxyl groups is 1. The standard InChI is InChI=1S/C8H17NO2/c1-6(10)4-5-8(2,3)7(9)11/h6,10H,4-5H2,1-3H3,(H2,9,11). The second kappa shape index (κ2) is 3.72. The van der Waals surface area contributed by atoms with Gasteiger partial charge in [-0.15, -0.1) is 0 Å². The molecule has 0 aromatic heterocycles. The first-order valence-corrected chi connectivity index (χ1v) is 3.84. The van der Waals surface area contributed by atoms with Gasteiger partial charge in [0.05, 0.1) is 6.10 Å². The molecule has 0 aliphatic rings. The Morgan fingerprint density at radius 2 is 2.09 bits per heavy atom. The molecule has 0 bridgehead atoms. The molecule has 3 heteroatoms. The highest BCUT2D eigenvalue weighted by Gasteiger charge is 2.24. The van der Waals surface area contributed by atoms with Gasteiger partial charge in [-0.3, -0.25) is 4.79 Å². The predicted molar refractivity (Wildman–Crippen MR) is 43.9 cm³/mol. The van der Waals surface area contributed by atoms with Crippen LogP contribution in [0.15, 0.2) is 0 Å². The summed E-state index contributed by atoms with van der Waals surface area (Å²) in [6.45, 7) is 5.28. The average Bonchev–Trinajstić information content (AvgIpc) is 1.84. The maximum Gasteiger partial charge on any atom is 0.223 e. The minimum atomic E-state index is -0.489. The molecular weight excluding hydrogens is 142 g/mol. The Morgan fingerprint density at radius 3 is 2.36 bits per heavy atom. The summed E-state index contributed by atoms with van der Waals surface area (Å²) in [6, 6.07) is 0. The van der Waals surface area contributed by atoms with E-state index in [2.05, 4.69) is 0 Å². The van der Waals surface area contributed by atoms with Crippen LogP contribution in [0.4, 0.5) is 0 Å². The first kappa shape index (κ1) is 10.4. The zero-order valence-electron chi connectivity index (χ0n) is 7.42. The topological polar surface area (TPSA) is 63.3 Å². The molecule has 0 aliphatic carbocycles. The zero-order chi connectivity index (χ0) is 9.07. The van der Waals surface area contributed by atoms with Crippen molar-refractivity contribution in [1.82, 2.24) is 0 Å². The summed E-state index contributed by atoms with van der Waals surface area (Å²) in [4.78, 5) is 10.8. The summed E-state index contributed by atoms with van der Waals surface area (Å²) in [7, 11) is 0. The van der Waals surface area contributed by atoms with E-state index in [0.29, 0.717) is 12.8 Å². The van der Waals surface area contributed by atoms with Crippen LogP contribution in [0.25, 0.3) is 0 Å². The van der Waals surface area contributed by atoms with Gasteiger partial charge in [-0.25, -0.2) is 0 Å². The number of aliphatic hydroxyl groups excluding tert-OH is 1. The Bertz CT molecular complexity index is 141. The van der Waals surface area contributed by atoms with Crippen LogP contribution in [0, 0.1) is 5.41 Å². The van der Waals surface area contributed by atoms with E-state index < -0.39 is 5.41 Å². The number of carbonyl (C=O) groups excluding carboxylic acids is 1. The second-order valence-electron chi connectivity index (χ2n) is 3.64. The molecule has 0 saturated carbocycles. The second-order valence-corrected chi connectivity index (χ2v) is 3.64. The third kappa shape index (κ3) is 3.98. The lowest BCUT2D eigenvalue weighted by Crippen LogP contribution is -2.32. The molecule has 1 atom stereocenters. The van der Waals surface area contributed by atoms with Crippen LogP contribution in [0.3, 0.4) is 0 Å². The van der Waals surface area contributed by atoms with Crippen molar-refractivity contribution in [2.24, 2.45) is 11.1 Å².